The predicted octanol–water partition coefficient (Wildman–Crippen LogP) is 3.06. The Morgan fingerprint density at radius 2 is 2.00 bits per heavy atom. The fourth-order valence-electron chi connectivity index (χ4n) is 1.61. The van der Waals surface area contributed by atoms with Crippen molar-refractivity contribution in [2.75, 3.05) is 12.4 Å². The van der Waals surface area contributed by atoms with Gasteiger partial charge in [-0.25, -0.2) is 0 Å². The van der Waals surface area contributed by atoms with Crippen molar-refractivity contribution < 1.29 is 14.1 Å². The summed E-state index contributed by atoms with van der Waals surface area (Å²) in [6, 6.07) is 9.14. The summed E-state index contributed by atoms with van der Waals surface area (Å²) >= 11 is 0. The maximum atomic E-state index is 11.9. The highest BCUT2D eigenvalue weighted by molar-refractivity contribution is 6.02. The molecule has 19 heavy (non-hydrogen) atoms. The molecule has 0 aliphatic carbocycles. The molecule has 0 spiro atoms. The Balaban J connectivity index is 2.06. The van der Waals surface area contributed by atoms with Crippen LogP contribution in [-0.4, -0.2) is 18.2 Å². The topological polar surface area (TPSA) is 64.4 Å². The second kappa shape index (κ2) is 5.56. The quantitative estimate of drug-likeness (QED) is 0.917. The van der Waals surface area contributed by atoms with Gasteiger partial charge in [0.25, 0.3) is 11.8 Å². The van der Waals surface area contributed by atoms with Crippen molar-refractivity contribution in [3.8, 4) is 5.88 Å². The van der Waals surface area contributed by atoms with Gasteiger partial charge in [-0.1, -0.05) is 26.0 Å². The number of methoxy groups -OCH3 is 1. The summed E-state index contributed by atoms with van der Waals surface area (Å²) in [5, 5.41) is 6.31. The van der Waals surface area contributed by atoms with Crippen LogP contribution in [0.15, 0.2) is 34.9 Å². The third kappa shape index (κ3) is 3.13. The van der Waals surface area contributed by atoms with E-state index in [1.54, 1.807) is 0 Å². The normalized spacial score (nSPS) is 10.5. The number of aromatic nitrogens is 1. The Morgan fingerprint density at radius 1 is 1.32 bits per heavy atom. The molecule has 1 heterocycles. The fourth-order valence-corrected chi connectivity index (χ4v) is 1.61. The van der Waals surface area contributed by atoms with Gasteiger partial charge in [-0.05, 0) is 28.8 Å². The average Bonchev–Trinajstić information content (AvgIpc) is 2.88. The zero-order valence-electron chi connectivity index (χ0n) is 11.1. The van der Waals surface area contributed by atoms with E-state index in [1.807, 2.05) is 24.3 Å². The van der Waals surface area contributed by atoms with E-state index in [0.717, 1.165) is 0 Å². The lowest BCUT2D eigenvalue weighted by Crippen LogP contribution is -2.10. The van der Waals surface area contributed by atoms with Crippen LogP contribution in [0.1, 0.15) is 35.9 Å². The molecule has 0 saturated heterocycles. The highest BCUT2D eigenvalue weighted by Crippen LogP contribution is 2.18. The van der Waals surface area contributed by atoms with Crippen LogP contribution in [0.25, 0.3) is 0 Å². The van der Waals surface area contributed by atoms with Crippen LogP contribution in [0.5, 0.6) is 5.88 Å². The monoisotopic (exact) mass is 260 g/mol. The molecular weight excluding hydrogens is 244 g/mol. The lowest BCUT2D eigenvalue weighted by Gasteiger charge is -2.07. The van der Waals surface area contributed by atoms with Gasteiger partial charge in [0.15, 0.2) is 0 Å². The maximum Gasteiger partial charge on any atom is 0.294 e. The summed E-state index contributed by atoms with van der Waals surface area (Å²) in [5.74, 6) is 0.501. The number of carbonyl (C=O) groups excluding carboxylic acids is 1. The number of amides is 1. The molecule has 2 aromatic rings. The summed E-state index contributed by atoms with van der Waals surface area (Å²) < 4.78 is 9.72. The molecule has 0 aliphatic heterocycles. The van der Waals surface area contributed by atoms with Gasteiger partial charge >= 0.3 is 0 Å². The molecule has 0 radical (unpaired) electrons. The van der Waals surface area contributed by atoms with E-state index < -0.39 is 0 Å². The van der Waals surface area contributed by atoms with Gasteiger partial charge in [0.05, 0.1) is 13.2 Å². The number of hydrogen-bond donors (Lipinski definition) is 1. The van der Waals surface area contributed by atoms with E-state index >= 15 is 0 Å². The van der Waals surface area contributed by atoms with Crippen molar-refractivity contribution in [1.29, 1.82) is 0 Å². The van der Waals surface area contributed by atoms with Gasteiger partial charge in [-0.3, -0.25) is 4.79 Å². The Hall–Kier alpha value is -2.30. The molecule has 1 N–H and O–H groups in total. The largest absolute Gasteiger partial charge is 0.479 e. The Bertz CT molecular complexity index is 558. The van der Waals surface area contributed by atoms with Gasteiger partial charge in [0, 0.05) is 5.69 Å². The van der Waals surface area contributed by atoms with Crippen molar-refractivity contribution in [3.05, 3.63) is 41.7 Å². The van der Waals surface area contributed by atoms with Crippen LogP contribution < -0.4 is 10.1 Å². The van der Waals surface area contributed by atoms with Gasteiger partial charge in [0.1, 0.15) is 0 Å². The number of ether oxygens (including phenoxy) is 1. The Kier molecular flexibility index (Phi) is 3.85. The van der Waals surface area contributed by atoms with Crippen molar-refractivity contribution in [3.63, 3.8) is 0 Å². The standard InChI is InChI=1S/C14H16N2O3/c1-9(2)10-4-6-11(7-5-10)15-14(17)12-8-13(18-3)16-19-12/h4-9H,1-3H3,(H,15,17). The molecular formula is C14H16N2O3. The summed E-state index contributed by atoms with van der Waals surface area (Å²) in [5.41, 5.74) is 1.93. The molecule has 0 unspecified atom stereocenters. The third-order valence-electron chi connectivity index (χ3n) is 2.76. The predicted molar refractivity (Wildman–Crippen MR) is 71.5 cm³/mol. The number of rotatable bonds is 4. The zero-order chi connectivity index (χ0) is 13.8. The lowest BCUT2D eigenvalue weighted by atomic mass is 10.0. The molecule has 100 valence electrons. The molecule has 0 bridgehead atoms. The lowest BCUT2D eigenvalue weighted by molar-refractivity contribution is 0.0987. The minimum Gasteiger partial charge on any atom is -0.479 e. The smallest absolute Gasteiger partial charge is 0.294 e. The van der Waals surface area contributed by atoms with Crippen LogP contribution in [0.3, 0.4) is 0 Å². The van der Waals surface area contributed by atoms with Crippen molar-refractivity contribution in [2.24, 2.45) is 0 Å². The first kappa shape index (κ1) is 13.1. The minimum absolute atomic E-state index is 0.116. The average molecular weight is 260 g/mol. The first-order chi connectivity index (χ1) is 9.10. The van der Waals surface area contributed by atoms with Crippen molar-refractivity contribution >= 4 is 11.6 Å². The van der Waals surface area contributed by atoms with E-state index in [4.69, 9.17) is 9.26 Å². The molecule has 0 fully saturated rings. The van der Waals surface area contributed by atoms with E-state index in [-0.39, 0.29) is 17.5 Å². The first-order valence-corrected chi connectivity index (χ1v) is 6.02. The molecule has 0 saturated carbocycles. The highest BCUT2D eigenvalue weighted by atomic mass is 16.5. The van der Waals surface area contributed by atoms with Crippen LogP contribution in [0.2, 0.25) is 0 Å². The second-order valence-corrected chi connectivity index (χ2v) is 4.46. The Morgan fingerprint density at radius 3 is 2.53 bits per heavy atom. The minimum atomic E-state index is -0.354. The number of nitrogens with one attached hydrogen (secondary N) is 1. The molecule has 2 rings (SSSR count). The molecule has 0 aliphatic rings. The molecule has 1 aromatic heterocycles. The maximum absolute atomic E-state index is 11.9. The van der Waals surface area contributed by atoms with Gasteiger partial charge < -0.3 is 14.6 Å². The van der Waals surface area contributed by atoms with E-state index in [9.17, 15) is 4.79 Å². The molecule has 0 atom stereocenters. The third-order valence-corrected chi connectivity index (χ3v) is 2.76. The van der Waals surface area contributed by atoms with E-state index in [2.05, 4.69) is 24.3 Å². The summed E-state index contributed by atoms with van der Waals surface area (Å²) in [6.45, 7) is 4.24. The molecule has 1 aromatic carbocycles. The number of benzene rings is 1. The SMILES string of the molecule is COc1cc(C(=O)Nc2ccc(C(C)C)cc2)on1. The van der Waals surface area contributed by atoms with Crippen molar-refractivity contribution in [2.45, 2.75) is 19.8 Å². The summed E-state index contributed by atoms with van der Waals surface area (Å²) in [7, 11) is 1.46. The van der Waals surface area contributed by atoms with Crippen LogP contribution in [0, 0.1) is 0 Å². The molecule has 5 nitrogen and oxygen atoms in total. The van der Waals surface area contributed by atoms with Crippen molar-refractivity contribution in [1.82, 2.24) is 5.16 Å². The van der Waals surface area contributed by atoms with Crippen LogP contribution in [-0.2, 0) is 0 Å². The molecule has 5 heteroatoms. The second-order valence-electron chi connectivity index (χ2n) is 4.46. The van der Waals surface area contributed by atoms with E-state index in [1.165, 1.54) is 18.7 Å². The van der Waals surface area contributed by atoms with Crippen LogP contribution in [0.4, 0.5) is 5.69 Å². The Labute approximate surface area is 111 Å². The highest BCUT2D eigenvalue weighted by Gasteiger charge is 2.13. The first-order valence-electron chi connectivity index (χ1n) is 6.02. The number of carbonyl (C=O) groups is 1. The number of nitrogens with zero attached hydrogens (tertiary/aromatic N) is 1. The van der Waals surface area contributed by atoms with Gasteiger partial charge in [-0.2, -0.15) is 0 Å². The van der Waals surface area contributed by atoms with Gasteiger partial charge in [-0.15, -0.1) is 0 Å². The van der Waals surface area contributed by atoms with E-state index in [0.29, 0.717) is 11.6 Å². The number of hydrogen-bond acceptors (Lipinski definition) is 4. The zero-order valence-corrected chi connectivity index (χ0v) is 11.1. The van der Waals surface area contributed by atoms with Crippen LogP contribution >= 0.6 is 0 Å². The number of anilines is 1. The summed E-state index contributed by atoms with van der Waals surface area (Å²) in [4.78, 5) is 11.9. The van der Waals surface area contributed by atoms with Gasteiger partial charge in [0.2, 0.25) is 5.76 Å². The molecule has 1 amide bonds. The summed E-state index contributed by atoms with van der Waals surface area (Å²) in [6.07, 6.45) is 0. The fraction of sp³-hybridized carbons (Fsp3) is 0.286.